The van der Waals surface area contributed by atoms with Gasteiger partial charge in [0.15, 0.2) is 5.82 Å². The highest BCUT2D eigenvalue weighted by atomic mass is 79.9. The fraction of sp³-hybridized carbons (Fsp3) is 0.111. The summed E-state index contributed by atoms with van der Waals surface area (Å²) in [4.78, 5) is 0. The van der Waals surface area contributed by atoms with Gasteiger partial charge in [-0.15, -0.1) is 10.2 Å². The van der Waals surface area contributed by atoms with Crippen molar-refractivity contribution in [3.8, 4) is 11.4 Å². The quantitative estimate of drug-likeness (QED) is 0.762. The highest BCUT2D eigenvalue weighted by Gasteiger charge is 2.21. The first kappa shape index (κ1) is 13.8. The van der Waals surface area contributed by atoms with Gasteiger partial charge in [0.2, 0.25) is 0 Å². The summed E-state index contributed by atoms with van der Waals surface area (Å²) in [5.41, 5.74) is 0.635. The van der Waals surface area contributed by atoms with E-state index < -0.39 is 9.05 Å². The molecule has 2 aromatic rings. The van der Waals surface area contributed by atoms with E-state index in [4.69, 9.17) is 22.3 Å². The van der Waals surface area contributed by atoms with Gasteiger partial charge >= 0.3 is 0 Å². The first-order valence-electron chi connectivity index (χ1n) is 4.59. The number of hydrogen-bond acceptors (Lipinski definition) is 4. The zero-order valence-corrected chi connectivity index (χ0v) is 12.8. The summed E-state index contributed by atoms with van der Waals surface area (Å²) in [5.74, 6) is 0.359. The molecule has 0 radical (unpaired) electrons. The fourth-order valence-corrected chi connectivity index (χ4v) is 3.28. The molecule has 0 saturated heterocycles. The summed E-state index contributed by atoms with van der Waals surface area (Å²) in [6.45, 7) is 0. The van der Waals surface area contributed by atoms with E-state index in [-0.39, 0.29) is 5.16 Å². The van der Waals surface area contributed by atoms with Gasteiger partial charge in [-0.05, 0) is 18.2 Å². The van der Waals surface area contributed by atoms with Crippen molar-refractivity contribution in [3.05, 3.63) is 27.7 Å². The zero-order chi connectivity index (χ0) is 13.5. The molecule has 0 N–H and O–H groups in total. The molecule has 96 valence electrons. The van der Waals surface area contributed by atoms with E-state index in [1.807, 2.05) is 0 Å². The molecule has 1 aromatic heterocycles. The lowest BCUT2D eigenvalue weighted by Crippen LogP contribution is -2.02. The average molecular weight is 371 g/mol. The van der Waals surface area contributed by atoms with Crippen LogP contribution in [0, 0.1) is 0 Å². The van der Waals surface area contributed by atoms with E-state index in [0.717, 1.165) is 4.47 Å². The van der Waals surface area contributed by atoms with Gasteiger partial charge in [0.05, 0.1) is 0 Å². The third-order valence-corrected chi connectivity index (χ3v) is 4.06. The molecule has 0 bridgehead atoms. The average Bonchev–Trinajstić information content (AvgIpc) is 2.57. The third kappa shape index (κ3) is 2.69. The molecule has 0 aliphatic carbocycles. The molecule has 18 heavy (non-hydrogen) atoms. The van der Waals surface area contributed by atoms with E-state index in [1.54, 1.807) is 18.2 Å². The van der Waals surface area contributed by atoms with Gasteiger partial charge in [-0.1, -0.05) is 27.5 Å². The summed E-state index contributed by atoms with van der Waals surface area (Å²) in [7, 11) is 2.83. The molecule has 0 atom stereocenters. The monoisotopic (exact) mass is 369 g/mol. The molecule has 0 fully saturated rings. The molecule has 5 nitrogen and oxygen atoms in total. The lowest BCUT2D eigenvalue weighted by Gasteiger charge is -2.03. The summed E-state index contributed by atoms with van der Waals surface area (Å²) >= 11 is 9.21. The van der Waals surface area contributed by atoms with Crippen LogP contribution in [0.25, 0.3) is 11.4 Å². The lowest BCUT2D eigenvalue weighted by molar-refractivity contribution is 0.593. The molecule has 0 unspecified atom stereocenters. The normalized spacial score (nSPS) is 11.8. The van der Waals surface area contributed by atoms with Crippen molar-refractivity contribution in [3.63, 3.8) is 0 Å². The Bertz CT molecular complexity index is 694. The number of halogens is 3. The number of benzene rings is 1. The molecule has 2 rings (SSSR count). The molecule has 0 aliphatic heterocycles. The second kappa shape index (κ2) is 4.80. The van der Waals surface area contributed by atoms with Crippen molar-refractivity contribution < 1.29 is 8.42 Å². The van der Waals surface area contributed by atoms with Gasteiger partial charge in [-0.3, -0.25) is 4.57 Å². The first-order chi connectivity index (χ1) is 8.29. The van der Waals surface area contributed by atoms with Gasteiger partial charge < -0.3 is 0 Å². The SMILES string of the molecule is Cn1c(-c2cc(Cl)cc(Br)c2)nnc1S(=O)(=O)Cl. The maximum Gasteiger partial charge on any atom is 0.296 e. The minimum atomic E-state index is -3.92. The van der Waals surface area contributed by atoms with Crippen LogP contribution < -0.4 is 0 Å². The second-order valence-corrected chi connectivity index (χ2v) is 7.27. The highest BCUT2D eigenvalue weighted by Crippen LogP contribution is 2.27. The van der Waals surface area contributed by atoms with Crippen LogP contribution in [0.2, 0.25) is 5.02 Å². The van der Waals surface area contributed by atoms with Crippen molar-refractivity contribution in [1.82, 2.24) is 14.8 Å². The summed E-state index contributed by atoms with van der Waals surface area (Å²) in [6, 6.07) is 5.11. The minimum absolute atomic E-state index is 0.310. The fourth-order valence-electron chi connectivity index (χ4n) is 1.46. The Morgan fingerprint density at radius 2 is 1.94 bits per heavy atom. The molecule has 0 spiro atoms. The first-order valence-corrected chi connectivity index (χ1v) is 8.07. The Kier molecular flexibility index (Phi) is 3.68. The largest absolute Gasteiger partial charge is 0.300 e. The van der Waals surface area contributed by atoms with Gasteiger partial charge in [-0.2, -0.15) is 0 Å². The zero-order valence-electron chi connectivity index (χ0n) is 8.93. The van der Waals surface area contributed by atoms with Crippen molar-refractivity contribution >= 4 is 47.3 Å². The van der Waals surface area contributed by atoms with Crippen LogP contribution in [-0.4, -0.2) is 23.2 Å². The molecule has 9 heteroatoms. The standard InChI is InChI=1S/C9H6BrCl2N3O2S/c1-15-8(13-14-9(15)18(12,16)17)5-2-6(10)4-7(11)3-5/h2-4H,1H3. The van der Waals surface area contributed by atoms with Crippen LogP contribution in [0.5, 0.6) is 0 Å². The number of hydrogen-bond donors (Lipinski definition) is 0. The Balaban J connectivity index is 2.63. The third-order valence-electron chi connectivity index (χ3n) is 2.17. The van der Waals surface area contributed by atoms with E-state index in [9.17, 15) is 8.42 Å². The van der Waals surface area contributed by atoms with Gasteiger partial charge in [0, 0.05) is 32.8 Å². The molecular formula is C9H6BrCl2N3O2S. The summed E-state index contributed by atoms with van der Waals surface area (Å²) in [6.07, 6.45) is 0. The highest BCUT2D eigenvalue weighted by molar-refractivity contribution is 9.10. The van der Waals surface area contributed by atoms with E-state index in [2.05, 4.69) is 26.1 Å². The molecule has 0 saturated carbocycles. The van der Waals surface area contributed by atoms with E-state index in [0.29, 0.717) is 16.4 Å². The molecule has 0 amide bonds. The lowest BCUT2D eigenvalue weighted by atomic mass is 10.2. The molecule has 0 aliphatic rings. The van der Waals surface area contributed by atoms with Crippen LogP contribution in [-0.2, 0) is 16.1 Å². The van der Waals surface area contributed by atoms with Crippen LogP contribution in [0.15, 0.2) is 27.8 Å². The smallest absolute Gasteiger partial charge is 0.296 e. The van der Waals surface area contributed by atoms with Crippen molar-refractivity contribution in [2.45, 2.75) is 5.16 Å². The molecule has 1 aromatic carbocycles. The van der Waals surface area contributed by atoms with Crippen LogP contribution in [0.4, 0.5) is 0 Å². The number of rotatable bonds is 2. The Morgan fingerprint density at radius 3 is 2.44 bits per heavy atom. The van der Waals surface area contributed by atoms with Crippen LogP contribution in [0.3, 0.4) is 0 Å². The maximum atomic E-state index is 11.2. The summed E-state index contributed by atoms with van der Waals surface area (Å²) < 4.78 is 24.5. The summed E-state index contributed by atoms with van der Waals surface area (Å²) in [5, 5.41) is 7.55. The van der Waals surface area contributed by atoms with E-state index in [1.165, 1.54) is 11.6 Å². The Hall–Kier alpha value is -0.630. The number of nitrogens with zero attached hydrogens (tertiary/aromatic N) is 3. The van der Waals surface area contributed by atoms with E-state index >= 15 is 0 Å². The predicted molar refractivity (Wildman–Crippen MR) is 72.2 cm³/mol. The Labute approximate surface area is 121 Å². The van der Waals surface area contributed by atoms with Crippen LogP contribution >= 0.6 is 38.2 Å². The predicted octanol–water partition coefficient (Wildman–Crippen LogP) is 2.83. The van der Waals surface area contributed by atoms with Crippen molar-refractivity contribution in [1.29, 1.82) is 0 Å². The number of aromatic nitrogens is 3. The van der Waals surface area contributed by atoms with Crippen LogP contribution in [0.1, 0.15) is 0 Å². The van der Waals surface area contributed by atoms with Crippen molar-refractivity contribution in [2.75, 3.05) is 0 Å². The minimum Gasteiger partial charge on any atom is -0.300 e. The van der Waals surface area contributed by atoms with Crippen molar-refractivity contribution in [2.24, 2.45) is 7.05 Å². The topological polar surface area (TPSA) is 64.8 Å². The van der Waals surface area contributed by atoms with Gasteiger partial charge in [0.1, 0.15) is 0 Å². The van der Waals surface area contributed by atoms with Gasteiger partial charge in [-0.25, -0.2) is 8.42 Å². The van der Waals surface area contributed by atoms with Gasteiger partial charge in [0.25, 0.3) is 14.2 Å². The maximum absolute atomic E-state index is 11.2. The molecule has 1 heterocycles. The second-order valence-electron chi connectivity index (χ2n) is 3.46. The molecular weight excluding hydrogens is 365 g/mol. The Morgan fingerprint density at radius 1 is 1.28 bits per heavy atom.